The molecule has 0 amide bonds. The number of aromatic amines is 1. The van der Waals surface area contributed by atoms with Crippen molar-refractivity contribution in [1.82, 2.24) is 24.7 Å². The number of aromatic nitrogens is 5. The monoisotopic (exact) mass is 365 g/mol. The van der Waals surface area contributed by atoms with Crippen molar-refractivity contribution in [1.29, 1.82) is 0 Å². The Labute approximate surface area is 153 Å². The smallest absolute Gasteiger partial charge is 0.313 e. The largest absolute Gasteiger partial charge is 0.481 e. The van der Waals surface area contributed by atoms with E-state index in [0.717, 1.165) is 39.7 Å². The summed E-state index contributed by atoms with van der Waals surface area (Å²) in [7, 11) is 0. The summed E-state index contributed by atoms with van der Waals surface area (Å²) in [5.41, 5.74) is 2.98. The van der Waals surface area contributed by atoms with Crippen molar-refractivity contribution in [2.24, 2.45) is 0 Å². The standard InChI is InChI=1S/C18H15N5O2S/c24-17(25)11-26-18-22-21-16(23(18)13-4-3-7-19-10-13)8-12-9-20-15-6-2-1-5-14(12)15/h1-7,9-10,20H,8,11H2,(H,24,25). The lowest BCUT2D eigenvalue weighted by Gasteiger charge is -2.09. The van der Waals surface area contributed by atoms with Gasteiger partial charge in [0.15, 0.2) is 5.16 Å². The Morgan fingerprint density at radius 3 is 2.88 bits per heavy atom. The van der Waals surface area contributed by atoms with Gasteiger partial charge in [0.25, 0.3) is 0 Å². The second-order valence-corrected chi connectivity index (χ2v) is 6.61. The minimum atomic E-state index is -0.895. The highest BCUT2D eigenvalue weighted by atomic mass is 32.2. The number of nitrogens with one attached hydrogen (secondary N) is 1. The summed E-state index contributed by atoms with van der Waals surface area (Å²) in [5, 5.41) is 19.2. The van der Waals surface area contributed by atoms with Crippen LogP contribution in [0.5, 0.6) is 0 Å². The van der Waals surface area contributed by atoms with E-state index in [2.05, 4.69) is 26.2 Å². The molecule has 2 N–H and O–H groups in total. The molecule has 0 atom stereocenters. The van der Waals surface area contributed by atoms with Gasteiger partial charge in [-0.1, -0.05) is 30.0 Å². The van der Waals surface area contributed by atoms with Crippen molar-refractivity contribution in [3.05, 3.63) is 66.4 Å². The maximum absolute atomic E-state index is 10.9. The summed E-state index contributed by atoms with van der Waals surface area (Å²) in [5.74, 6) is -0.240. The van der Waals surface area contributed by atoms with Crippen LogP contribution in [0, 0.1) is 0 Å². The third-order valence-corrected chi connectivity index (χ3v) is 4.87. The first kappa shape index (κ1) is 16.3. The number of hydrogen-bond donors (Lipinski definition) is 2. The van der Waals surface area contributed by atoms with E-state index in [-0.39, 0.29) is 5.75 Å². The third-order valence-electron chi connectivity index (χ3n) is 3.95. The predicted octanol–water partition coefficient (Wildman–Crippen LogP) is 2.91. The van der Waals surface area contributed by atoms with Crippen LogP contribution in [0.1, 0.15) is 11.4 Å². The predicted molar refractivity (Wildman–Crippen MR) is 98.6 cm³/mol. The van der Waals surface area contributed by atoms with Crippen molar-refractivity contribution in [2.45, 2.75) is 11.6 Å². The van der Waals surface area contributed by atoms with Gasteiger partial charge in [0.2, 0.25) is 0 Å². The number of carbonyl (C=O) groups is 1. The summed E-state index contributed by atoms with van der Waals surface area (Å²) >= 11 is 1.14. The van der Waals surface area contributed by atoms with Crippen LogP contribution in [0.2, 0.25) is 0 Å². The van der Waals surface area contributed by atoms with E-state index in [1.807, 2.05) is 41.1 Å². The molecule has 0 spiro atoms. The van der Waals surface area contributed by atoms with E-state index in [1.54, 1.807) is 12.4 Å². The Morgan fingerprint density at radius 1 is 1.19 bits per heavy atom. The van der Waals surface area contributed by atoms with Crippen LogP contribution in [0.4, 0.5) is 0 Å². The molecule has 0 fully saturated rings. The van der Waals surface area contributed by atoms with Gasteiger partial charge in [-0.25, -0.2) is 0 Å². The molecule has 0 saturated carbocycles. The van der Waals surface area contributed by atoms with Crippen LogP contribution in [0.25, 0.3) is 16.6 Å². The van der Waals surface area contributed by atoms with E-state index in [4.69, 9.17) is 5.11 Å². The van der Waals surface area contributed by atoms with Crippen molar-refractivity contribution < 1.29 is 9.90 Å². The zero-order valence-electron chi connectivity index (χ0n) is 13.7. The topological polar surface area (TPSA) is 96.7 Å². The SMILES string of the molecule is O=C(O)CSc1nnc(Cc2c[nH]c3ccccc23)n1-c1cccnc1. The van der Waals surface area contributed by atoms with Gasteiger partial charge in [-0.05, 0) is 23.8 Å². The molecule has 130 valence electrons. The average molecular weight is 365 g/mol. The maximum atomic E-state index is 10.9. The van der Waals surface area contributed by atoms with Crippen molar-refractivity contribution in [3.8, 4) is 5.69 Å². The van der Waals surface area contributed by atoms with Crippen molar-refractivity contribution in [3.63, 3.8) is 0 Å². The van der Waals surface area contributed by atoms with E-state index < -0.39 is 5.97 Å². The first-order valence-electron chi connectivity index (χ1n) is 7.96. The lowest BCUT2D eigenvalue weighted by molar-refractivity contribution is -0.133. The fourth-order valence-corrected chi connectivity index (χ4v) is 3.52. The summed E-state index contributed by atoms with van der Waals surface area (Å²) in [4.78, 5) is 18.4. The molecule has 26 heavy (non-hydrogen) atoms. The lowest BCUT2D eigenvalue weighted by Crippen LogP contribution is -2.05. The molecule has 4 aromatic rings. The van der Waals surface area contributed by atoms with Crippen molar-refractivity contribution in [2.75, 3.05) is 5.75 Å². The minimum Gasteiger partial charge on any atom is -0.481 e. The Bertz CT molecular complexity index is 1060. The van der Waals surface area contributed by atoms with Gasteiger partial charge in [0.1, 0.15) is 5.82 Å². The zero-order chi connectivity index (χ0) is 17.9. The average Bonchev–Trinajstić information content (AvgIpc) is 3.25. The van der Waals surface area contributed by atoms with Gasteiger partial charge in [-0.3, -0.25) is 14.3 Å². The van der Waals surface area contributed by atoms with Crippen LogP contribution < -0.4 is 0 Å². The molecule has 0 bridgehead atoms. The number of aliphatic carboxylic acids is 1. The Kier molecular flexibility index (Phi) is 4.40. The van der Waals surface area contributed by atoms with Gasteiger partial charge in [-0.2, -0.15) is 0 Å². The van der Waals surface area contributed by atoms with Gasteiger partial charge in [-0.15, -0.1) is 10.2 Å². The van der Waals surface area contributed by atoms with E-state index >= 15 is 0 Å². The van der Waals surface area contributed by atoms with Gasteiger partial charge in [0, 0.05) is 29.7 Å². The first-order valence-corrected chi connectivity index (χ1v) is 8.95. The number of carboxylic acid groups (broad SMARTS) is 1. The molecule has 0 radical (unpaired) electrons. The van der Waals surface area contributed by atoms with Crippen LogP contribution >= 0.6 is 11.8 Å². The molecule has 0 aliphatic rings. The number of rotatable bonds is 6. The third kappa shape index (κ3) is 3.18. The molecule has 4 rings (SSSR count). The lowest BCUT2D eigenvalue weighted by atomic mass is 10.1. The summed E-state index contributed by atoms with van der Waals surface area (Å²) in [6.45, 7) is 0. The molecule has 8 heteroatoms. The number of carboxylic acids is 1. The molecule has 0 unspecified atom stereocenters. The van der Waals surface area contributed by atoms with E-state index in [0.29, 0.717) is 11.6 Å². The van der Waals surface area contributed by atoms with E-state index in [1.165, 1.54) is 0 Å². The molecule has 3 aromatic heterocycles. The number of nitrogens with zero attached hydrogens (tertiary/aromatic N) is 4. The maximum Gasteiger partial charge on any atom is 0.313 e. The highest BCUT2D eigenvalue weighted by molar-refractivity contribution is 7.99. The quantitative estimate of drug-likeness (QED) is 0.510. The zero-order valence-corrected chi connectivity index (χ0v) is 14.5. The Morgan fingerprint density at radius 2 is 2.08 bits per heavy atom. The molecule has 0 aliphatic heterocycles. The van der Waals surface area contributed by atoms with Crippen LogP contribution in [0.15, 0.2) is 60.1 Å². The number of H-pyrrole nitrogens is 1. The first-order chi connectivity index (χ1) is 12.7. The number of fused-ring (bicyclic) bond motifs is 1. The fourth-order valence-electron chi connectivity index (χ4n) is 2.83. The molecule has 7 nitrogen and oxygen atoms in total. The molecular weight excluding hydrogens is 350 g/mol. The van der Waals surface area contributed by atoms with Gasteiger partial charge < -0.3 is 10.1 Å². The normalized spacial score (nSPS) is 11.1. The van der Waals surface area contributed by atoms with E-state index in [9.17, 15) is 4.79 Å². The Hall–Kier alpha value is -3.13. The highest BCUT2D eigenvalue weighted by Gasteiger charge is 2.17. The summed E-state index contributed by atoms with van der Waals surface area (Å²) in [6.07, 6.45) is 5.95. The number of pyridine rings is 1. The van der Waals surface area contributed by atoms with Gasteiger partial charge >= 0.3 is 5.97 Å². The fraction of sp³-hybridized carbons (Fsp3) is 0.111. The second-order valence-electron chi connectivity index (χ2n) is 5.66. The Balaban J connectivity index is 1.75. The molecule has 3 heterocycles. The molecule has 1 aromatic carbocycles. The summed E-state index contributed by atoms with van der Waals surface area (Å²) < 4.78 is 1.86. The molecule has 0 saturated heterocycles. The molecule has 0 aliphatic carbocycles. The number of benzene rings is 1. The van der Waals surface area contributed by atoms with Crippen LogP contribution in [-0.2, 0) is 11.2 Å². The van der Waals surface area contributed by atoms with Crippen molar-refractivity contribution >= 4 is 28.6 Å². The molecular formula is C18H15N5O2S. The van der Waals surface area contributed by atoms with Crippen LogP contribution in [-0.4, -0.2) is 41.6 Å². The number of para-hydroxylation sites is 1. The summed E-state index contributed by atoms with van der Waals surface area (Å²) in [6, 6.07) is 11.8. The highest BCUT2D eigenvalue weighted by Crippen LogP contribution is 2.25. The van der Waals surface area contributed by atoms with Crippen LogP contribution in [0.3, 0.4) is 0 Å². The number of hydrogen-bond acceptors (Lipinski definition) is 5. The minimum absolute atomic E-state index is 0.0779. The second kappa shape index (κ2) is 7.01. The number of thioether (sulfide) groups is 1. The van der Waals surface area contributed by atoms with Gasteiger partial charge in [0.05, 0.1) is 17.6 Å².